The Morgan fingerprint density at radius 1 is 1.18 bits per heavy atom. The van der Waals surface area contributed by atoms with Gasteiger partial charge in [0.25, 0.3) is 0 Å². The van der Waals surface area contributed by atoms with Crippen LogP contribution in [0.5, 0.6) is 0 Å². The summed E-state index contributed by atoms with van der Waals surface area (Å²) in [5, 5.41) is 4.11. The van der Waals surface area contributed by atoms with E-state index < -0.39 is 5.60 Å². The van der Waals surface area contributed by atoms with Crippen LogP contribution in [0.3, 0.4) is 0 Å². The minimum Gasteiger partial charge on any atom is -0.444 e. The molecular weight excluding hydrogens is 282 g/mol. The van der Waals surface area contributed by atoms with Gasteiger partial charge in [-0.3, -0.25) is 0 Å². The van der Waals surface area contributed by atoms with Crippen LogP contribution in [0.1, 0.15) is 72.0 Å². The lowest BCUT2D eigenvalue weighted by Gasteiger charge is -2.32. The fourth-order valence-electron chi connectivity index (χ4n) is 2.35. The zero-order valence-corrected chi connectivity index (χ0v) is 14.5. The van der Waals surface area contributed by atoms with Gasteiger partial charge in [0, 0.05) is 24.4 Å². The maximum Gasteiger partial charge on any atom is 0.410 e. The van der Waals surface area contributed by atoms with E-state index in [2.05, 4.69) is 30.9 Å². The Morgan fingerprint density at radius 3 is 2.23 bits per heavy atom. The first-order chi connectivity index (χ1) is 10.1. The maximum atomic E-state index is 12.0. The predicted molar refractivity (Wildman–Crippen MR) is 82.8 cm³/mol. The molecule has 0 N–H and O–H groups in total. The van der Waals surface area contributed by atoms with Crippen LogP contribution in [0, 0.1) is 0 Å². The number of hydrogen-bond acceptors (Lipinski definition) is 5. The molecule has 1 fully saturated rings. The van der Waals surface area contributed by atoms with Crippen molar-refractivity contribution in [3.63, 3.8) is 0 Å². The van der Waals surface area contributed by atoms with Gasteiger partial charge in [0.2, 0.25) is 5.89 Å². The summed E-state index contributed by atoms with van der Waals surface area (Å²) < 4.78 is 10.8. The number of rotatable bonds is 1. The molecule has 0 saturated carbocycles. The monoisotopic (exact) mass is 309 g/mol. The summed E-state index contributed by atoms with van der Waals surface area (Å²) >= 11 is 0. The summed E-state index contributed by atoms with van der Waals surface area (Å²) in [6.45, 7) is 13.1. The molecule has 0 bridgehead atoms. The molecule has 6 nitrogen and oxygen atoms in total. The van der Waals surface area contributed by atoms with Gasteiger partial charge >= 0.3 is 6.09 Å². The third-order valence-electron chi connectivity index (χ3n) is 3.60. The summed E-state index contributed by atoms with van der Waals surface area (Å²) in [6, 6.07) is 0. The van der Waals surface area contributed by atoms with Gasteiger partial charge in [0.1, 0.15) is 5.60 Å². The molecule has 1 aromatic rings. The van der Waals surface area contributed by atoms with Crippen molar-refractivity contribution in [2.24, 2.45) is 0 Å². The Hall–Kier alpha value is -1.59. The third-order valence-corrected chi connectivity index (χ3v) is 3.60. The van der Waals surface area contributed by atoms with Crippen LogP contribution in [0.25, 0.3) is 0 Å². The molecule has 1 aromatic heterocycles. The Balaban J connectivity index is 1.92. The molecule has 1 saturated heterocycles. The number of aromatic nitrogens is 2. The van der Waals surface area contributed by atoms with E-state index in [-0.39, 0.29) is 17.4 Å². The van der Waals surface area contributed by atoms with E-state index >= 15 is 0 Å². The van der Waals surface area contributed by atoms with Crippen molar-refractivity contribution < 1.29 is 14.1 Å². The first-order valence-electron chi connectivity index (χ1n) is 7.88. The van der Waals surface area contributed by atoms with Gasteiger partial charge in [-0.25, -0.2) is 4.79 Å². The van der Waals surface area contributed by atoms with Crippen LogP contribution >= 0.6 is 0 Å². The van der Waals surface area contributed by atoms with Crippen LogP contribution in [0.2, 0.25) is 0 Å². The third kappa shape index (κ3) is 4.21. The van der Waals surface area contributed by atoms with Crippen LogP contribution < -0.4 is 0 Å². The lowest BCUT2D eigenvalue weighted by molar-refractivity contribution is 0.0203. The number of nitrogens with zero attached hydrogens (tertiary/aromatic N) is 3. The molecule has 0 aromatic carbocycles. The van der Waals surface area contributed by atoms with E-state index in [0.29, 0.717) is 19.0 Å². The predicted octanol–water partition coefficient (Wildman–Crippen LogP) is 3.48. The molecule has 0 radical (unpaired) electrons. The molecule has 6 heteroatoms. The van der Waals surface area contributed by atoms with Gasteiger partial charge in [-0.2, -0.15) is 4.98 Å². The largest absolute Gasteiger partial charge is 0.444 e. The zero-order chi connectivity index (χ0) is 16.5. The highest BCUT2D eigenvalue weighted by atomic mass is 16.6. The lowest BCUT2D eigenvalue weighted by Crippen LogP contribution is -2.41. The van der Waals surface area contributed by atoms with E-state index in [1.165, 1.54) is 0 Å². The Bertz CT molecular complexity index is 517. The van der Waals surface area contributed by atoms with E-state index in [0.717, 1.165) is 18.7 Å². The molecule has 22 heavy (non-hydrogen) atoms. The quantitative estimate of drug-likeness (QED) is 0.794. The summed E-state index contributed by atoms with van der Waals surface area (Å²) in [5.74, 6) is 1.67. The number of carbonyl (C=O) groups excluding carboxylic acids is 1. The van der Waals surface area contributed by atoms with Crippen molar-refractivity contribution in [3.05, 3.63) is 11.7 Å². The highest BCUT2D eigenvalue weighted by molar-refractivity contribution is 5.68. The molecular formula is C16H27N3O3. The molecule has 0 spiro atoms. The normalized spacial score (nSPS) is 17.6. The molecule has 0 atom stereocenters. The van der Waals surface area contributed by atoms with Gasteiger partial charge in [0.05, 0.1) is 0 Å². The average Bonchev–Trinajstić information content (AvgIpc) is 2.86. The van der Waals surface area contributed by atoms with Gasteiger partial charge in [-0.05, 0) is 33.6 Å². The van der Waals surface area contributed by atoms with E-state index in [1.54, 1.807) is 4.90 Å². The molecule has 0 unspecified atom stereocenters. The number of ether oxygens (including phenoxy) is 1. The maximum absolute atomic E-state index is 12.0. The summed E-state index contributed by atoms with van der Waals surface area (Å²) in [7, 11) is 0. The zero-order valence-electron chi connectivity index (χ0n) is 14.5. The number of likely N-dealkylation sites (tertiary alicyclic amines) is 1. The highest BCUT2D eigenvalue weighted by Crippen LogP contribution is 2.29. The SMILES string of the molecule is CC(C)(C)OC(=O)N1CCC(c2noc(C(C)(C)C)n2)CC1. The van der Waals surface area contributed by atoms with E-state index in [4.69, 9.17) is 9.26 Å². The van der Waals surface area contributed by atoms with Crippen molar-refractivity contribution >= 4 is 6.09 Å². The minimum atomic E-state index is -0.455. The number of piperidine rings is 1. The van der Waals surface area contributed by atoms with Gasteiger partial charge < -0.3 is 14.2 Å². The second-order valence-electron chi connectivity index (χ2n) is 7.95. The van der Waals surface area contributed by atoms with Crippen LogP contribution in [-0.2, 0) is 10.2 Å². The molecule has 2 rings (SSSR count). The van der Waals surface area contributed by atoms with E-state index in [9.17, 15) is 4.79 Å². The van der Waals surface area contributed by atoms with Gasteiger partial charge in [-0.1, -0.05) is 25.9 Å². The lowest BCUT2D eigenvalue weighted by atomic mass is 9.95. The highest BCUT2D eigenvalue weighted by Gasteiger charge is 2.31. The Kier molecular flexibility index (Phi) is 4.49. The molecule has 1 amide bonds. The average molecular weight is 309 g/mol. The topological polar surface area (TPSA) is 68.5 Å². The Labute approximate surface area is 132 Å². The summed E-state index contributed by atoms with van der Waals surface area (Å²) in [5.41, 5.74) is -0.592. The first kappa shape index (κ1) is 16.8. The fourth-order valence-corrected chi connectivity index (χ4v) is 2.35. The molecule has 1 aliphatic rings. The Morgan fingerprint density at radius 2 is 1.77 bits per heavy atom. The molecule has 0 aliphatic carbocycles. The van der Waals surface area contributed by atoms with Gasteiger partial charge in [-0.15, -0.1) is 0 Å². The number of amides is 1. The van der Waals surface area contributed by atoms with Crippen LogP contribution in [0.4, 0.5) is 4.79 Å². The second kappa shape index (κ2) is 5.89. The standard InChI is InChI=1S/C16H27N3O3/c1-15(2,3)13-17-12(18-22-13)11-7-9-19(10-8-11)14(20)21-16(4,5)6/h11H,7-10H2,1-6H3. The van der Waals surface area contributed by atoms with E-state index in [1.807, 2.05) is 20.8 Å². The van der Waals surface area contributed by atoms with Crippen LogP contribution in [-0.4, -0.2) is 39.8 Å². The smallest absolute Gasteiger partial charge is 0.410 e. The van der Waals surface area contributed by atoms with Crippen molar-refractivity contribution in [2.45, 2.75) is 71.3 Å². The van der Waals surface area contributed by atoms with Crippen molar-refractivity contribution in [2.75, 3.05) is 13.1 Å². The van der Waals surface area contributed by atoms with Gasteiger partial charge in [0.15, 0.2) is 5.82 Å². The van der Waals surface area contributed by atoms with Crippen molar-refractivity contribution in [1.82, 2.24) is 15.0 Å². The molecule has 2 heterocycles. The van der Waals surface area contributed by atoms with Crippen molar-refractivity contribution in [3.8, 4) is 0 Å². The second-order valence-corrected chi connectivity index (χ2v) is 7.95. The number of hydrogen-bond donors (Lipinski definition) is 0. The van der Waals surface area contributed by atoms with Crippen LogP contribution in [0.15, 0.2) is 4.52 Å². The molecule has 124 valence electrons. The minimum absolute atomic E-state index is 0.136. The fraction of sp³-hybridized carbons (Fsp3) is 0.812. The first-order valence-corrected chi connectivity index (χ1v) is 7.88. The molecule has 1 aliphatic heterocycles. The summed E-state index contributed by atoms with van der Waals surface area (Å²) in [6.07, 6.45) is 1.43. The number of carbonyl (C=O) groups is 1. The summed E-state index contributed by atoms with van der Waals surface area (Å²) in [4.78, 5) is 18.3. The van der Waals surface area contributed by atoms with Crippen molar-refractivity contribution in [1.29, 1.82) is 0 Å².